The highest BCUT2D eigenvalue weighted by molar-refractivity contribution is 5.64. The number of methoxy groups -OCH3 is 1. The first-order valence-corrected chi connectivity index (χ1v) is 7.74. The zero-order valence-electron chi connectivity index (χ0n) is 13.2. The molecule has 0 bridgehead atoms. The molecule has 1 N–H and O–H groups in total. The maximum Gasteiger partial charge on any atom is 0.188 e. The molecule has 0 aliphatic heterocycles. The molecule has 0 fully saturated rings. The number of aliphatic hydroxyl groups is 1. The highest BCUT2D eigenvalue weighted by Gasteiger charge is 2.24. The van der Waals surface area contributed by atoms with E-state index in [1.54, 1.807) is 6.08 Å². The van der Waals surface area contributed by atoms with E-state index in [1.807, 2.05) is 48.6 Å². The van der Waals surface area contributed by atoms with Crippen molar-refractivity contribution in [3.63, 3.8) is 0 Å². The Morgan fingerprint density at radius 2 is 1.57 bits per heavy atom. The Morgan fingerprint density at radius 1 is 1.00 bits per heavy atom. The van der Waals surface area contributed by atoms with Crippen molar-refractivity contribution in [1.29, 1.82) is 0 Å². The lowest BCUT2D eigenvalue weighted by molar-refractivity contribution is -0.143. The average Bonchev–Trinajstić information content (AvgIpc) is 2.63. The Bertz CT molecular complexity index is 655. The summed E-state index contributed by atoms with van der Waals surface area (Å²) in [6, 6.07) is 20.6. The Morgan fingerprint density at radius 3 is 2.00 bits per heavy atom. The lowest BCUT2D eigenvalue weighted by Crippen LogP contribution is -2.30. The number of hydrogen-bond acceptors (Lipinski definition) is 3. The Hall–Kier alpha value is -2.36. The second-order valence-corrected chi connectivity index (χ2v) is 5.62. The molecule has 1 atom stereocenters. The van der Waals surface area contributed by atoms with Gasteiger partial charge in [0.05, 0.1) is 0 Å². The van der Waals surface area contributed by atoms with Gasteiger partial charge in [-0.25, -0.2) is 0 Å². The van der Waals surface area contributed by atoms with Gasteiger partial charge in [0.1, 0.15) is 0 Å². The number of nitrogens with zero attached hydrogens (tertiary/aromatic N) is 1. The quantitative estimate of drug-likeness (QED) is 0.846. The van der Waals surface area contributed by atoms with Gasteiger partial charge in [0.15, 0.2) is 5.79 Å². The van der Waals surface area contributed by atoms with Gasteiger partial charge in [0.2, 0.25) is 0 Å². The molecule has 2 aromatic rings. The normalized spacial score (nSPS) is 20.2. The van der Waals surface area contributed by atoms with Gasteiger partial charge >= 0.3 is 0 Å². The highest BCUT2D eigenvalue weighted by Crippen LogP contribution is 2.28. The maximum atomic E-state index is 10.1. The van der Waals surface area contributed by atoms with E-state index in [-0.39, 0.29) is 0 Å². The van der Waals surface area contributed by atoms with Crippen LogP contribution < -0.4 is 4.90 Å². The Balaban J connectivity index is 1.85. The summed E-state index contributed by atoms with van der Waals surface area (Å²) >= 11 is 0. The van der Waals surface area contributed by atoms with Crippen LogP contribution in [-0.2, 0) is 4.74 Å². The van der Waals surface area contributed by atoms with Crippen molar-refractivity contribution >= 4 is 11.4 Å². The van der Waals surface area contributed by atoms with Crippen molar-refractivity contribution in [2.75, 3.05) is 18.6 Å². The molecule has 0 amide bonds. The van der Waals surface area contributed by atoms with Gasteiger partial charge in [-0.1, -0.05) is 48.6 Å². The summed E-state index contributed by atoms with van der Waals surface area (Å²) in [6.45, 7) is 0.740. The third-order valence-corrected chi connectivity index (χ3v) is 4.04. The van der Waals surface area contributed by atoms with E-state index < -0.39 is 5.79 Å². The standard InChI is InChI=1S/C20H21NO2/c1-23-20(22)14-12-17(13-15-20)16-21(18-8-4-2-5-9-18)19-10-6-3-7-11-19/h2-14,22H,15-16H2,1H3. The van der Waals surface area contributed by atoms with Crippen LogP contribution >= 0.6 is 0 Å². The lowest BCUT2D eigenvalue weighted by atomic mass is 10.0. The molecule has 0 saturated carbocycles. The van der Waals surface area contributed by atoms with Gasteiger partial charge in [-0.15, -0.1) is 0 Å². The average molecular weight is 307 g/mol. The summed E-state index contributed by atoms with van der Waals surface area (Å²) in [6.07, 6.45) is 6.15. The molecule has 2 aromatic carbocycles. The molecule has 1 unspecified atom stereocenters. The van der Waals surface area contributed by atoms with E-state index >= 15 is 0 Å². The van der Waals surface area contributed by atoms with Gasteiger partial charge in [-0.05, 0) is 35.9 Å². The minimum Gasteiger partial charge on any atom is -0.362 e. The summed E-state index contributed by atoms with van der Waals surface area (Å²) in [7, 11) is 1.52. The number of anilines is 2. The fourth-order valence-electron chi connectivity index (χ4n) is 2.65. The van der Waals surface area contributed by atoms with Crippen LogP contribution in [0.2, 0.25) is 0 Å². The number of benzene rings is 2. The van der Waals surface area contributed by atoms with Gasteiger partial charge in [-0.2, -0.15) is 0 Å². The number of rotatable bonds is 5. The summed E-state index contributed by atoms with van der Waals surface area (Å²) in [4.78, 5) is 2.26. The van der Waals surface area contributed by atoms with Crippen molar-refractivity contribution < 1.29 is 9.84 Å². The molecular weight excluding hydrogens is 286 g/mol. The highest BCUT2D eigenvalue weighted by atomic mass is 16.6. The van der Waals surface area contributed by atoms with E-state index in [1.165, 1.54) is 7.11 Å². The van der Waals surface area contributed by atoms with E-state index in [4.69, 9.17) is 4.74 Å². The third kappa shape index (κ3) is 3.70. The summed E-state index contributed by atoms with van der Waals surface area (Å²) in [5.41, 5.74) is 3.43. The molecule has 0 saturated heterocycles. The smallest absolute Gasteiger partial charge is 0.188 e. The van der Waals surface area contributed by atoms with Gasteiger partial charge in [0, 0.05) is 31.5 Å². The van der Waals surface area contributed by atoms with Crippen molar-refractivity contribution in [2.45, 2.75) is 12.2 Å². The van der Waals surface area contributed by atoms with Gasteiger partial charge < -0.3 is 14.7 Å². The molecule has 3 rings (SSSR count). The van der Waals surface area contributed by atoms with Crippen LogP contribution in [0.4, 0.5) is 11.4 Å². The minimum atomic E-state index is -1.17. The number of para-hydroxylation sites is 2. The van der Waals surface area contributed by atoms with Crippen molar-refractivity contribution in [3.05, 3.63) is 84.5 Å². The number of ether oxygens (including phenoxy) is 1. The van der Waals surface area contributed by atoms with E-state index in [2.05, 4.69) is 29.2 Å². The van der Waals surface area contributed by atoms with Crippen molar-refractivity contribution in [2.24, 2.45) is 0 Å². The van der Waals surface area contributed by atoms with E-state index in [9.17, 15) is 5.11 Å². The van der Waals surface area contributed by atoms with Gasteiger partial charge in [0.25, 0.3) is 0 Å². The maximum absolute atomic E-state index is 10.1. The Kier molecular flexibility index (Phi) is 4.60. The predicted octanol–water partition coefficient (Wildman–Crippen LogP) is 4.05. The molecule has 3 nitrogen and oxygen atoms in total. The van der Waals surface area contributed by atoms with Crippen LogP contribution in [0.15, 0.2) is 84.5 Å². The van der Waals surface area contributed by atoms with Crippen LogP contribution in [0.1, 0.15) is 6.42 Å². The topological polar surface area (TPSA) is 32.7 Å². The van der Waals surface area contributed by atoms with Crippen molar-refractivity contribution in [1.82, 2.24) is 0 Å². The van der Waals surface area contributed by atoms with Crippen LogP contribution in [0.5, 0.6) is 0 Å². The molecule has 3 heteroatoms. The first-order chi connectivity index (χ1) is 11.2. The zero-order valence-corrected chi connectivity index (χ0v) is 13.2. The van der Waals surface area contributed by atoms with Crippen LogP contribution in [0.3, 0.4) is 0 Å². The largest absolute Gasteiger partial charge is 0.362 e. The molecule has 0 radical (unpaired) electrons. The summed E-state index contributed by atoms with van der Waals surface area (Å²) in [5, 5.41) is 10.1. The fourth-order valence-corrected chi connectivity index (χ4v) is 2.65. The second-order valence-electron chi connectivity index (χ2n) is 5.62. The van der Waals surface area contributed by atoms with E-state index in [0.717, 1.165) is 23.5 Å². The molecule has 118 valence electrons. The molecule has 0 heterocycles. The first kappa shape index (κ1) is 15.5. The summed E-state index contributed by atoms with van der Waals surface area (Å²) in [5.74, 6) is -1.17. The molecule has 0 aromatic heterocycles. The third-order valence-electron chi connectivity index (χ3n) is 4.04. The lowest BCUT2D eigenvalue weighted by Gasteiger charge is -2.29. The van der Waals surface area contributed by atoms with Crippen LogP contribution in [-0.4, -0.2) is 24.5 Å². The van der Waals surface area contributed by atoms with Crippen LogP contribution in [0.25, 0.3) is 0 Å². The summed E-state index contributed by atoms with van der Waals surface area (Å²) < 4.78 is 5.11. The molecule has 0 spiro atoms. The zero-order chi connectivity index (χ0) is 16.1. The first-order valence-electron chi connectivity index (χ1n) is 7.74. The molecule has 1 aliphatic carbocycles. The Labute approximate surface area is 137 Å². The fraction of sp³-hybridized carbons (Fsp3) is 0.200. The molecule has 23 heavy (non-hydrogen) atoms. The predicted molar refractivity (Wildman–Crippen MR) is 93.7 cm³/mol. The molecule has 1 aliphatic rings. The SMILES string of the molecule is COC1(O)C=CC(CN(c2ccccc2)c2ccccc2)=CC1. The van der Waals surface area contributed by atoms with Crippen molar-refractivity contribution in [3.8, 4) is 0 Å². The van der Waals surface area contributed by atoms with E-state index in [0.29, 0.717) is 6.42 Å². The van der Waals surface area contributed by atoms with Crippen LogP contribution in [0, 0.1) is 0 Å². The monoisotopic (exact) mass is 307 g/mol. The molecular formula is C20H21NO2. The second kappa shape index (κ2) is 6.82. The van der Waals surface area contributed by atoms with Gasteiger partial charge in [-0.3, -0.25) is 0 Å². The number of hydrogen-bond donors (Lipinski definition) is 1. The minimum absolute atomic E-state index is 0.465.